The van der Waals surface area contributed by atoms with Crippen molar-refractivity contribution in [2.75, 3.05) is 4.90 Å². The molecule has 2 amide bonds. The van der Waals surface area contributed by atoms with Crippen LogP contribution in [0.4, 0.5) is 23.2 Å². The highest BCUT2D eigenvalue weighted by molar-refractivity contribution is 6.28. The molecule has 0 fully saturated rings. The van der Waals surface area contributed by atoms with Crippen LogP contribution < -0.4 is 4.90 Å². The van der Waals surface area contributed by atoms with E-state index in [1.54, 1.807) is 0 Å². The van der Waals surface area contributed by atoms with Gasteiger partial charge in [0.2, 0.25) is 0 Å². The molecule has 17 heavy (non-hydrogen) atoms. The summed E-state index contributed by atoms with van der Waals surface area (Å²) in [5.74, 6) is -9.48. The first-order valence-electron chi connectivity index (χ1n) is 4.32. The summed E-state index contributed by atoms with van der Waals surface area (Å²) in [6.07, 6.45) is 1.61. The maximum absolute atomic E-state index is 13.3. The predicted molar refractivity (Wildman–Crippen MR) is 47.9 cm³/mol. The topological polar surface area (TPSA) is 37.4 Å². The zero-order chi connectivity index (χ0) is 12.7. The molecule has 0 spiro atoms. The first-order chi connectivity index (χ1) is 7.93. The number of carbonyl (C=O) groups is 2. The molecular weight excluding hydrogens is 242 g/mol. The summed E-state index contributed by atoms with van der Waals surface area (Å²) in [7, 11) is 0. The minimum absolute atomic E-state index is 0.209. The quantitative estimate of drug-likeness (QED) is 0.326. The van der Waals surface area contributed by atoms with Crippen LogP contribution in [0.5, 0.6) is 0 Å². The second-order valence-corrected chi connectivity index (χ2v) is 3.16. The van der Waals surface area contributed by atoms with Crippen LogP contribution in [0.3, 0.4) is 0 Å². The van der Waals surface area contributed by atoms with Gasteiger partial charge < -0.3 is 0 Å². The maximum atomic E-state index is 13.3. The minimum Gasteiger partial charge on any atom is -0.269 e. The molecule has 1 aromatic carbocycles. The Morgan fingerprint density at radius 1 is 0.824 bits per heavy atom. The second kappa shape index (κ2) is 3.69. The van der Waals surface area contributed by atoms with E-state index in [1.165, 1.54) is 0 Å². The van der Waals surface area contributed by atoms with Crippen molar-refractivity contribution in [2.45, 2.75) is 0 Å². The van der Waals surface area contributed by atoms with Crippen molar-refractivity contribution in [3.8, 4) is 0 Å². The maximum Gasteiger partial charge on any atom is 0.258 e. The molecule has 0 atom stereocenters. The number of nitrogens with zero attached hydrogens (tertiary/aromatic N) is 1. The molecule has 0 aliphatic carbocycles. The average molecular weight is 245 g/mol. The third-order valence-electron chi connectivity index (χ3n) is 2.13. The number of carbonyl (C=O) groups excluding carboxylic acids is 2. The van der Waals surface area contributed by atoms with E-state index in [0.29, 0.717) is 0 Å². The Kier molecular flexibility index (Phi) is 2.45. The van der Waals surface area contributed by atoms with Crippen LogP contribution in [0.2, 0.25) is 0 Å². The number of rotatable bonds is 1. The number of amides is 2. The highest BCUT2D eigenvalue weighted by atomic mass is 19.2. The molecule has 1 heterocycles. The fourth-order valence-corrected chi connectivity index (χ4v) is 1.36. The summed E-state index contributed by atoms with van der Waals surface area (Å²) in [4.78, 5) is 22.5. The summed E-state index contributed by atoms with van der Waals surface area (Å²) >= 11 is 0. The van der Waals surface area contributed by atoms with E-state index in [0.717, 1.165) is 12.2 Å². The van der Waals surface area contributed by atoms with Crippen LogP contribution in [-0.2, 0) is 9.59 Å². The highest BCUT2D eigenvalue weighted by Gasteiger charge is 2.31. The zero-order valence-corrected chi connectivity index (χ0v) is 8.01. The Bertz CT molecular complexity index is 550. The van der Waals surface area contributed by atoms with Crippen molar-refractivity contribution in [1.82, 2.24) is 0 Å². The van der Waals surface area contributed by atoms with Gasteiger partial charge in [-0.05, 0) is 0 Å². The zero-order valence-electron chi connectivity index (χ0n) is 8.01. The number of halogens is 4. The standard InChI is InChI=1S/C10H3F4NO2/c11-4-3-5(9(13)10(14)8(4)12)15-6(16)1-2-7(15)17/h1-3H. The van der Waals surface area contributed by atoms with Crippen molar-refractivity contribution in [3.05, 3.63) is 41.5 Å². The van der Waals surface area contributed by atoms with Gasteiger partial charge in [-0.25, -0.2) is 22.5 Å². The Morgan fingerprint density at radius 2 is 1.35 bits per heavy atom. The van der Waals surface area contributed by atoms with Crippen molar-refractivity contribution in [2.24, 2.45) is 0 Å². The number of hydrogen-bond donors (Lipinski definition) is 0. The molecule has 0 saturated carbocycles. The molecule has 0 radical (unpaired) electrons. The van der Waals surface area contributed by atoms with Crippen LogP contribution in [0.25, 0.3) is 0 Å². The third-order valence-corrected chi connectivity index (χ3v) is 2.13. The first-order valence-corrected chi connectivity index (χ1v) is 4.32. The van der Waals surface area contributed by atoms with Gasteiger partial charge in [-0.1, -0.05) is 0 Å². The fourth-order valence-electron chi connectivity index (χ4n) is 1.36. The Balaban J connectivity index is 2.61. The van der Waals surface area contributed by atoms with Crippen molar-refractivity contribution in [3.63, 3.8) is 0 Å². The van der Waals surface area contributed by atoms with E-state index < -0.39 is 40.8 Å². The summed E-state index contributed by atoms with van der Waals surface area (Å²) in [6, 6.07) is 0.247. The smallest absolute Gasteiger partial charge is 0.258 e. The molecule has 1 aliphatic heterocycles. The third kappa shape index (κ3) is 1.59. The molecule has 88 valence electrons. The van der Waals surface area contributed by atoms with Crippen LogP contribution in [0.15, 0.2) is 18.2 Å². The minimum atomic E-state index is -2.08. The van der Waals surface area contributed by atoms with E-state index in [4.69, 9.17) is 0 Å². The second-order valence-electron chi connectivity index (χ2n) is 3.16. The molecular formula is C10H3F4NO2. The van der Waals surface area contributed by atoms with Gasteiger partial charge in [0, 0.05) is 18.2 Å². The molecule has 3 nitrogen and oxygen atoms in total. The van der Waals surface area contributed by atoms with Crippen LogP contribution in [0.1, 0.15) is 0 Å². The van der Waals surface area contributed by atoms with E-state index in [2.05, 4.69) is 0 Å². The van der Waals surface area contributed by atoms with Gasteiger partial charge in [0.15, 0.2) is 23.3 Å². The Morgan fingerprint density at radius 3 is 1.88 bits per heavy atom. The Hall–Kier alpha value is -2.18. The Labute approximate surface area is 91.9 Å². The van der Waals surface area contributed by atoms with E-state index in [9.17, 15) is 27.2 Å². The van der Waals surface area contributed by atoms with Gasteiger partial charge in [0.25, 0.3) is 11.8 Å². The normalized spacial score (nSPS) is 14.9. The van der Waals surface area contributed by atoms with Gasteiger partial charge in [-0.2, -0.15) is 0 Å². The monoisotopic (exact) mass is 245 g/mol. The fraction of sp³-hybridized carbons (Fsp3) is 0. The first kappa shape index (κ1) is 11.3. The highest BCUT2D eigenvalue weighted by Crippen LogP contribution is 2.27. The summed E-state index contributed by atoms with van der Waals surface area (Å²) in [5.41, 5.74) is -0.957. The van der Waals surface area contributed by atoms with Crippen molar-refractivity contribution < 1.29 is 27.2 Å². The molecule has 1 aliphatic rings. The van der Waals surface area contributed by atoms with Gasteiger partial charge in [-0.3, -0.25) is 9.59 Å². The lowest BCUT2D eigenvalue weighted by Gasteiger charge is -2.15. The van der Waals surface area contributed by atoms with Crippen LogP contribution in [-0.4, -0.2) is 11.8 Å². The number of hydrogen-bond acceptors (Lipinski definition) is 2. The van der Waals surface area contributed by atoms with E-state index in [1.807, 2.05) is 0 Å². The summed E-state index contributed by atoms with van der Waals surface area (Å²) < 4.78 is 51.7. The van der Waals surface area contributed by atoms with Gasteiger partial charge in [-0.15, -0.1) is 0 Å². The number of benzene rings is 1. The van der Waals surface area contributed by atoms with E-state index >= 15 is 0 Å². The van der Waals surface area contributed by atoms with Crippen LogP contribution >= 0.6 is 0 Å². The van der Waals surface area contributed by atoms with Crippen molar-refractivity contribution in [1.29, 1.82) is 0 Å². The van der Waals surface area contributed by atoms with Gasteiger partial charge >= 0.3 is 0 Å². The lowest BCUT2D eigenvalue weighted by Crippen LogP contribution is -2.31. The SMILES string of the molecule is O=C1C=CC(=O)N1c1cc(F)c(F)c(F)c1F. The molecule has 0 N–H and O–H groups in total. The van der Waals surface area contributed by atoms with Crippen LogP contribution in [0, 0.1) is 23.3 Å². The average Bonchev–Trinajstić information content (AvgIpc) is 2.61. The predicted octanol–water partition coefficient (Wildman–Crippen LogP) is 1.67. The number of imide groups is 1. The van der Waals surface area contributed by atoms with E-state index in [-0.39, 0.29) is 11.0 Å². The lowest BCUT2D eigenvalue weighted by atomic mass is 10.2. The summed E-state index contributed by atoms with van der Waals surface area (Å²) in [5, 5.41) is 0. The van der Waals surface area contributed by atoms with Gasteiger partial charge in [0.1, 0.15) is 0 Å². The largest absolute Gasteiger partial charge is 0.269 e. The molecule has 0 bridgehead atoms. The lowest BCUT2D eigenvalue weighted by molar-refractivity contribution is -0.120. The summed E-state index contributed by atoms with van der Waals surface area (Å²) in [6.45, 7) is 0. The van der Waals surface area contributed by atoms with Crippen molar-refractivity contribution >= 4 is 17.5 Å². The molecule has 0 saturated heterocycles. The number of anilines is 1. The molecule has 2 rings (SSSR count). The molecule has 0 aromatic heterocycles. The molecule has 7 heteroatoms. The molecule has 0 unspecified atom stereocenters. The van der Waals surface area contributed by atoms with Gasteiger partial charge in [0.05, 0.1) is 5.69 Å². The molecule has 1 aromatic rings.